The van der Waals surface area contributed by atoms with Crippen molar-refractivity contribution < 1.29 is 93.3 Å². The SMILES string of the molecule is Nc1nc(SCCc2ccc([N+](=O)[O-])cc2)nc2c1ncn2C1OC(COP([O-])([O-])=S)C(O)C1O.[Na+].[Na+]. The minimum absolute atomic E-state index is 0. The Morgan fingerprint density at radius 1 is 1.22 bits per heavy atom. The summed E-state index contributed by atoms with van der Waals surface area (Å²) >= 11 is 5.47. The molecule has 0 amide bonds. The van der Waals surface area contributed by atoms with Crippen molar-refractivity contribution in [2.45, 2.75) is 36.1 Å². The zero-order chi connectivity index (χ0) is 25.3. The number of imidazole rings is 1. The van der Waals surface area contributed by atoms with Crippen molar-refractivity contribution in [3.63, 3.8) is 0 Å². The molecule has 37 heavy (non-hydrogen) atoms. The molecule has 1 saturated heterocycles. The van der Waals surface area contributed by atoms with Gasteiger partial charge in [0.2, 0.25) is 0 Å². The first-order valence-electron chi connectivity index (χ1n) is 10.1. The van der Waals surface area contributed by atoms with E-state index in [1.165, 1.54) is 34.8 Å². The molecule has 0 spiro atoms. The van der Waals surface area contributed by atoms with Crippen molar-refractivity contribution in [2.75, 3.05) is 18.1 Å². The zero-order valence-corrected chi connectivity index (χ0v) is 26.3. The summed E-state index contributed by atoms with van der Waals surface area (Å²) < 4.78 is 11.5. The predicted molar refractivity (Wildman–Crippen MR) is 123 cm³/mol. The quantitative estimate of drug-likeness (QED) is 0.0529. The van der Waals surface area contributed by atoms with E-state index >= 15 is 0 Å². The van der Waals surface area contributed by atoms with Crippen LogP contribution in [-0.2, 0) is 27.5 Å². The Morgan fingerprint density at radius 2 is 1.89 bits per heavy atom. The number of aryl methyl sites for hydroxylation is 1. The Bertz CT molecular complexity index is 1280. The molecule has 19 heteroatoms. The van der Waals surface area contributed by atoms with Crippen LogP contribution in [0, 0.1) is 10.1 Å². The van der Waals surface area contributed by atoms with Gasteiger partial charge >= 0.3 is 59.1 Å². The number of thioether (sulfide) groups is 1. The van der Waals surface area contributed by atoms with E-state index in [9.17, 15) is 30.1 Å². The molecule has 3 aromatic rings. The molecule has 14 nitrogen and oxygen atoms in total. The van der Waals surface area contributed by atoms with Gasteiger partial charge < -0.3 is 35.0 Å². The summed E-state index contributed by atoms with van der Waals surface area (Å²) in [6, 6.07) is 6.22. The number of nitro groups is 1. The molecule has 0 aliphatic carbocycles. The summed E-state index contributed by atoms with van der Waals surface area (Å²) in [5, 5.41) is 31.8. The summed E-state index contributed by atoms with van der Waals surface area (Å²) in [5.74, 6) is 0.645. The fourth-order valence-electron chi connectivity index (χ4n) is 3.47. The zero-order valence-electron chi connectivity index (χ0n) is 19.7. The van der Waals surface area contributed by atoms with E-state index in [0.29, 0.717) is 17.3 Å². The number of hydrogen-bond donors (Lipinski definition) is 3. The Kier molecular flexibility index (Phi) is 12.4. The second-order valence-corrected chi connectivity index (χ2v) is 11.1. The summed E-state index contributed by atoms with van der Waals surface area (Å²) in [6.07, 6.45) is -3.29. The van der Waals surface area contributed by atoms with Crippen LogP contribution in [0.5, 0.6) is 0 Å². The van der Waals surface area contributed by atoms with Crippen LogP contribution in [0.15, 0.2) is 35.7 Å². The molecule has 188 valence electrons. The Morgan fingerprint density at radius 3 is 2.51 bits per heavy atom. The van der Waals surface area contributed by atoms with Gasteiger partial charge in [-0.15, -0.1) is 11.8 Å². The molecule has 0 bridgehead atoms. The van der Waals surface area contributed by atoms with Crippen molar-refractivity contribution >= 4 is 53.0 Å². The average Bonchev–Trinajstić information content (AvgIpc) is 3.34. The maximum Gasteiger partial charge on any atom is 1.00 e. The third-order valence-corrected chi connectivity index (χ3v) is 6.84. The minimum atomic E-state index is -4.47. The Labute approximate surface area is 264 Å². The fourth-order valence-corrected chi connectivity index (χ4v) is 4.82. The molecule has 4 unspecified atom stereocenters. The van der Waals surface area contributed by atoms with E-state index in [1.807, 2.05) is 0 Å². The molecule has 2 aromatic heterocycles. The molecule has 1 aliphatic rings. The summed E-state index contributed by atoms with van der Waals surface area (Å²) in [4.78, 5) is 45.3. The second-order valence-electron chi connectivity index (χ2n) is 7.53. The van der Waals surface area contributed by atoms with Crippen molar-refractivity contribution in [3.05, 3.63) is 46.3 Å². The van der Waals surface area contributed by atoms with Crippen LogP contribution < -0.4 is 74.6 Å². The molecule has 3 heterocycles. The number of aliphatic hydroxyl groups is 2. The predicted octanol–water partition coefficient (Wildman–Crippen LogP) is -6.76. The van der Waals surface area contributed by atoms with E-state index in [2.05, 4.69) is 31.3 Å². The fraction of sp³-hybridized carbons (Fsp3) is 0.389. The molecular weight excluding hydrogens is 569 g/mol. The van der Waals surface area contributed by atoms with Crippen molar-refractivity contribution in [3.8, 4) is 0 Å². The molecule has 1 aliphatic heterocycles. The van der Waals surface area contributed by atoms with E-state index < -0.39 is 42.8 Å². The van der Waals surface area contributed by atoms with Gasteiger partial charge in [0.05, 0.1) is 17.9 Å². The van der Waals surface area contributed by atoms with E-state index in [0.717, 1.165) is 5.56 Å². The molecule has 1 aromatic carbocycles. The first-order valence-corrected chi connectivity index (χ1v) is 13.6. The number of hydrogen-bond acceptors (Lipinski definition) is 14. The van der Waals surface area contributed by atoms with Crippen molar-refractivity contribution in [2.24, 2.45) is 0 Å². The smallest absolute Gasteiger partial charge is 0.812 e. The summed E-state index contributed by atoms with van der Waals surface area (Å²) in [5.41, 5.74) is 7.43. The maximum absolute atomic E-state index is 11.1. The standard InChI is InChI=1S/C18H21N6O8PS2.2Na/c19-15-12-16(22-18(21-15)35-6-5-9-1-3-10(4-2-9)24(27)28)23(8-20-12)17-14(26)13(25)11(32-17)7-31-33(29,30)34;;/h1-4,8,11,13-14,17,25-26H,5-7H2,(H2,19,21,22)(H2,29,30,34);;/q;2*+1/p-2. The van der Waals surface area contributed by atoms with Gasteiger partial charge in [0.1, 0.15) is 23.8 Å². The van der Waals surface area contributed by atoms with Gasteiger partial charge in [-0.3, -0.25) is 14.7 Å². The largest absolute Gasteiger partial charge is 1.00 e. The van der Waals surface area contributed by atoms with Crippen molar-refractivity contribution in [1.29, 1.82) is 0 Å². The second kappa shape index (κ2) is 13.9. The van der Waals surface area contributed by atoms with Crippen LogP contribution in [0.4, 0.5) is 11.5 Å². The number of nitro benzene ring substituents is 1. The van der Waals surface area contributed by atoms with Gasteiger partial charge in [-0.1, -0.05) is 30.6 Å². The van der Waals surface area contributed by atoms with Crippen LogP contribution in [0.3, 0.4) is 0 Å². The van der Waals surface area contributed by atoms with Gasteiger partial charge in [0.25, 0.3) is 5.69 Å². The normalized spacial score (nSPS) is 21.4. The topological polar surface area (TPSA) is 218 Å². The van der Waals surface area contributed by atoms with Gasteiger partial charge in [-0.25, -0.2) is 15.0 Å². The van der Waals surface area contributed by atoms with Gasteiger partial charge in [0, 0.05) is 17.9 Å². The number of non-ortho nitro benzene ring substituents is 1. The number of nitrogen functional groups attached to an aromatic ring is 1. The number of nitrogens with zero attached hydrogens (tertiary/aromatic N) is 5. The molecule has 1 fully saturated rings. The first kappa shape index (κ1) is 32.9. The molecular formula is C18H19N6Na2O8PS2. The van der Waals surface area contributed by atoms with E-state index in [4.69, 9.17) is 10.5 Å². The average molecular weight is 588 g/mol. The van der Waals surface area contributed by atoms with E-state index in [1.54, 1.807) is 12.1 Å². The third-order valence-electron chi connectivity index (χ3n) is 5.21. The minimum Gasteiger partial charge on any atom is -0.812 e. The third kappa shape index (κ3) is 8.13. The molecule has 0 radical (unpaired) electrons. The maximum atomic E-state index is 11.1. The molecule has 4 rings (SSSR count). The van der Waals surface area contributed by atoms with Crippen LogP contribution in [0.25, 0.3) is 11.2 Å². The number of rotatable bonds is 9. The number of anilines is 1. The van der Waals surface area contributed by atoms with Gasteiger partial charge in [-0.2, -0.15) is 0 Å². The monoisotopic (exact) mass is 588 g/mol. The molecule has 0 saturated carbocycles. The number of fused-ring (bicyclic) bond motifs is 1. The Hall–Kier alpha value is -0.270. The molecule has 4 atom stereocenters. The summed E-state index contributed by atoms with van der Waals surface area (Å²) in [6.45, 7) is -5.03. The van der Waals surface area contributed by atoms with Gasteiger partial charge in [0.15, 0.2) is 22.8 Å². The van der Waals surface area contributed by atoms with E-state index in [-0.39, 0.29) is 81.8 Å². The Balaban J connectivity index is 0.00000241. The summed E-state index contributed by atoms with van der Waals surface area (Å²) in [7, 11) is 0. The van der Waals surface area contributed by atoms with Crippen molar-refractivity contribution in [1.82, 2.24) is 19.5 Å². The first-order chi connectivity index (χ1) is 16.5. The van der Waals surface area contributed by atoms with Crippen LogP contribution >= 0.6 is 18.5 Å². The van der Waals surface area contributed by atoms with Crippen LogP contribution in [0.1, 0.15) is 11.8 Å². The number of benzene rings is 1. The van der Waals surface area contributed by atoms with Gasteiger partial charge in [-0.05, 0) is 12.0 Å². The molecule has 4 N–H and O–H groups in total. The number of aromatic nitrogens is 4. The number of aliphatic hydroxyl groups excluding tert-OH is 2. The van der Waals surface area contributed by atoms with Crippen LogP contribution in [-0.4, -0.2) is 65.3 Å². The number of ether oxygens (including phenoxy) is 1. The van der Waals surface area contributed by atoms with Crippen LogP contribution in [0.2, 0.25) is 0 Å². The number of nitrogens with two attached hydrogens (primary N) is 1.